The minimum atomic E-state index is -0.898. The molecule has 0 aromatic heterocycles. The summed E-state index contributed by atoms with van der Waals surface area (Å²) < 4.78 is 0. The molecule has 1 aliphatic carbocycles. The van der Waals surface area contributed by atoms with E-state index in [0.717, 1.165) is 25.0 Å². The minimum Gasteiger partial charge on any atom is -0.478 e. The third-order valence-corrected chi connectivity index (χ3v) is 1.97. The van der Waals surface area contributed by atoms with Gasteiger partial charge in [-0.2, -0.15) is 0 Å². The van der Waals surface area contributed by atoms with Crippen molar-refractivity contribution >= 4 is 5.97 Å². The highest BCUT2D eigenvalue weighted by Gasteiger charge is 2.19. The van der Waals surface area contributed by atoms with Crippen LogP contribution in [0.2, 0.25) is 0 Å². The summed E-state index contributed by atoms with van der Waals surface area (Å²) >= 11 is 0. The lowest BCUT2D eigenvalue weighted by molar-refractivity contribution is -0.131. The van der Waals surface area contributed by atoms with Gasteiger partial charge >= 0.3 is 5.97 Å². The monoisotopic (exact) mass is 169 g/mol. The highest BCUT2D eigenvalue weighted by molar-refractivity contribution is 5.79. The van der Waals surface area contributed by atoms with E-state index < -0.39 is 5.97 Å². The van der Waals surface area contributed by atoms with Crippen LogP contribution in [-0.2, 0) is 4.79 Å². The normalized spacial score (nSPS) is 16.7. The van der Waals surface area contributed by atoms with Gasteiger partial charge in [0.15, 0.2) is 0 Å². The second kappa shape index (κ2) is 4.80. The fourth-order valence-corrected chi connectivity index (χ4v) is 1.11. The summed E-state index contributed by atoms with van der Waals surface area (Å²) in [6, 6.07) is 0. The highest BCUT2D eigenvalue weighted by atomic mass is 16.4. The summed E-state index contributed by atoms with van der Waals surface area (Å²) in [6.07, 6.45) is 7.84. The molecule has 0 unspecified atom stereocenters. The zero-order chi connectivity index (χ0) is 8.81. The van der Waals surface area contributed by atoms with Crippen LogP contribution in [0, 0.1) is 5.92 Å². The van der Waals surface area contributed by atoms with Crippen molar-refractivity contribution in [3.05, 3.63) is 12.3 Å². The van der Waals surface area contributed by atoms with Crippen LogP contribution in [0.1, 0.15) is 25.7 Å². The Morgan fingerprint density at radius 2 is 2.33 bits per heavy atom. The maximum absolute atomic E-state index is 10.0. The van der Waals surface area contributed by atoms with Crippen LogP contribution in [0.15, 0.2) is 12.3 Å². The standard InChI is InChI=1S/C9H15NO2/c11-9(12)5-7-10-6-1-2-8-3-4-8/h5,7-8,10H,1-4,6H2,(H,11,12)/b7-5+. The molecule has 0 spiro atoms. The van der Waals surface area contributed by atoms with E-state index in [0.29, 0.717) is 0 Å². The molecule has 1 saturated carbocycles. The van der Waals surface area contributed by atoms with E-state index in [4.69, 9.17) is 5.11 Å². The van der Waals surface area contributed by atoms with Crippen LogP contribution in [0.25, 0.3) is 0 Å². The second-order valence-electron chi connectivity index (χ2n) is 3.21. The summed E-state index contributed by atoms with van der Waals surface area (Å²) in [6.45, 7) is 0.889. The largest absolute Gasteiger partial charge is 0.478 e. The lowest BCUT2D eigenvalue weighted by Gasteiger charge is -1.98. The highest BCUT2D eigenvalue weighted by Crippen LogP contribution is 2.33. The molecule has 0 saturated heterocycles. The number of rotatable bonds is 6. The molecule has 1 aliphatic rings. The Balaban J connectivity index is 1.84. The number of hydrogen-bond donors (Lipinski definition) is 2. The second-order valence-corrected chi connectivity index (χ2v) is 3.21. The molecule has 0 amide bonds. The molecule has 1 fully saturated rings. The van der Waals surface area contributed by atoms with Gasteiger partial charge in [-0.25, -0.2) is 4.79 Å². The topological polar surface area (TPSA) is 49.3 Å². The van der Waals surface area contributed by atoms with Gasteiger partial charge in [0.2, 0.25) is 0 Å². The third-order valence-electron chi connectivity index (χ3n) is 1.97. The molecule has 3 nitrogen and oxygen atoms in total. The summed E-state index contributed by atoms with van der Waals surface area (Å²) in [5.41, 5.74) is 0. The first-order valence-electron chi connectivity index (χ1n) is 4.42. The lowest BCUT2D eigenvalue weighted by atomic mass is 10.2. The van der Waals surface area contributed by atoms with E-state index >= 15 is 0 Å². The Morgan fingerprint density at radius 1 is 1.58 bits per heavy atom. The van der Waals surface area contributed by atoms with E-state index in [1.165, 1.54) is 25.5 Å². The number of carboxylic acid groups (broad SMARTS) is 1. The van der Waals surface area contributed by atoms with Gasteiger partial charge in [-0.15, -0.1) is 0 Å². The maximum atomic E-state index is 10.0. The molecular weight excluding hydrogens is 154 g/mol. The number of hydrogen-bond acceptors (Lipinski definition) is 2. The molecule has 68 valence electrons. The van der Waals surface area contributed by atoms with E-state index in [-0.39, 0.29) is 0 Å². The Bertz CT molecular complexity index is 173. The van der Waals surface area contributed by atoms with Gasteiger partial charge in [-0.1, -0.05) is 12.8 Å². The molecule has 0 aromatic carbocycles. The predicted molar refractivity (Wildman–Crippen MR) is 46.7 cm³/mol. The average Bonchev–Trinajstić information content (AvgIpc) is 2.79. The first-order valence-corrected chi connectivity index (χ1v) is 4.42. The first-order chi connectivity index (χ1) is 5.79. The van der Waals surface area contributed by atoms with Crippen molar-refractivity contribution in [2.24, 2.45) is 5.92 Å². The van der Waals surface area contributed by atoms with Crippen LogP contribution >= 0.6 is 0 Å². The molecule has 0 aliphatic heterocycles. The van der Waals surface area contributed by atoms with E-state index in [2.05, 4.69) is 5.32 Å². The van der Waals surface area contributed by atoms with Crippen molar-refractivity contribution in [2.45, 2.75) is 25.7 Å². The molecule has 2 N–H and O–H groups in total. The van der Waals surface area contributed by atoms with Gasteiger partial charge in [0.05, 0.1) is 0 Å². The first kappa shape index (κ1) is 9.10. The van der Waals surface area contributed by atoms with Crippen molar-refractivity contribution in [3.63, 3.8) is 0 Å². The molecule has 0 bridgehead atoms. The number of nitrogens with one attached hydrogen (secondary N) is 1. The van der Waals surface area contributed by atoms with Crippen molar-refractivity contribution in [2.75, 3.05) is 6.54 Å². The summed E-state index contributed by atoms with van der Waals surface area (Å²) in [5, 5.41) is 11.2. The molecule has 0 aromatic rings. The van der Waals surface area contributed by atoms with E-state index in [1.54, 1.807) is 0 Å². The van der Waals surface area contributed by atoms with E-state index in [9.17, 15) is 4.79 Å². The molecule has 0 radical (unpaired) electrons. The SMILES string of the molecule is O=C(O)/C=C/NCCCC1CC1. The molecule has 12 heavy (non-hydrogen) atoms. The van der Waals surface area contributed by atoms with E-state index in [1.807, 2.05) is 0 Å². The Kier molecular flexibility index (Phi) is 3.64. The van der Waals surface area contributed by atoms with Gasteiger partial charge in [0.1, 0.15) is 0 Å². The Morgan fingerprint density at radius 3 is 2.92 bits per heavy atom. The molecule has 0 heterocycles. The predicted octanol–water partition coefficient (Wildman–Crippen LogP) is 1.36. The molecular formula is C9H15NO2. The van der Waals surface area contributed by atoms with Crippen molar-refractivity contribution in [1.82, 2.24) is 5.32 Å². The van der Waals surface area contributed by atoms with Gasteiger partial charge in [0, 0.05) is 18.8 Å². The van der Waals surface area contributed by atoms with Gasteiger partial charge in [0.25, 0.3) is 0 Å². The maximum Gasteiger partial charge on any atom is 0.329 e. The van der Waals surface area contributed by atoms with Crippen LogP contribution in [0.3, 0.4) is 0 Å². The van der Waals surface area contributed by atoms with Crippen LogP contribution in [0.5, 0.6) is 0 Å². The van der Waals surface area contributed by atoms with Gasteiger partial charge < -0.3 is 10.4 Å². The quantitative estimate of drug-likeness (QED) is 0.466. The van der Waals surface area contributed by atoms with Crippen LogP contribution in [0.4, 0.5) is 0 Å². The Hall–Kier alpha value is -0.990. The molecule has 0 atom stereocenters. The zero-order valence-corrected chi connectivity index (χ0v) is 7.12. The van der Waals surface area contributed by atoms with Crippen molar-refractivity contribution < 1.29 is 9.90 Å². The third kappa shape index (κ3) is 4.77. The number of aliphatic carboxylic acids is 1. The van der Waals surface area contributed by atoms with Gasteiger partial charge in [-0.3, -0.25) is 0 Å². The Labute approximate surface area is 72.5 Å². The molecule has 3 heteroatoms. The van der Waals surface area contributed by atoms with Crippen molar-refractivity contribution in [3.8, 4) is 0 Å². The summed E-state index contributed by atoms with van der Waals surface area (Å²) in [4.78, 5) is 10.0. The summed E-state index contributed by atoms with van der Waals surface area (Å²) in [5.74, 6) is 0.0694. The lowest BCUT2D eigenvalue weighted by Crippen LogP contribution is -2.07. The van der Waals surface area contributed by atoms with Crippen molar-refractivity contribution in [1.29, 1.82) is 0 Å². The smallest absolute Gasteiger partial charge is 0.329 e. The van der Waals surface area contributed by atoms with Gasteiger partial charge in [-0.05, 0) is 18.8 Å². The zero-order valence-electron chi connectivity index (χ0n) is 7.12. The minimum absolute atomic E-state index is 0.889. The summed E-state index contributed by atoms with van der Waals surface area (Å²) in [7, 11) is 0. The fraction of sp³-hybridized carbons (Fsp3) is 0.667. The average molecular weight is 169 g/mol. The number of carboxylic acids is 1. The van der Waals surface area contributed by atoms with Crippen LogP contribution < -0.4 is 5.32 Å². The fourth-order valence-electron chi connectivity index (χ4n) is 1.11. The molecule has 1 rings (SSSR count). The number of carbonyl (C=O) groups is 1. The van der Waals surface area contributed by atoms with Crippen LogP contribution in [-0.4, -0.2) is 17.6 Å².